The first kappa shape index (κ1) is 16.9. The summed E-state index contributed by atoms with van der Waals surface area (Å²) in [5.41, 5.74) is 1.83. The van der Waals surface area contributed by atoms with Gasteiger partial charge in [0.1, 0.15) is 0 Å². The highest BCUT2D eigenvalue weighted by Crippen LogP contribution is 2.27. The molecule has 3 rings (SSSR count). The summed E-state index contributed by atoms with van der Waals surface area (Å²) in [6, 6.07) is 14.7. The van der Waals surface area contributed by atoms with Crippen molar-refractivity contribution in [2.75, 3.05) is 13.2 Å². The fraction of sp³-hybridized carbons (Fsp3) is 0.200. The number of pyridine rings is 1. The highest BCUT2D eigenvalue weighted by molar-refractivity contribution is 6.01. The SMILES string of the molecule is CCc1ccccc1-n1c(O)c(C=NCCO)c2ccccc2c1=O. The molecule has 0 amide bonds. The molecule has 0 spiro atoms. The van der Waals surface area contributed by atoms with Crippen LogP contribution in [0, 0.1) is 0 Å². The summed E-state index contributed by atoms with van der Waals surface area (Å²) < 4.78 is 1.33. The molecule has 25 heavy (non-hydrogen) atoms. The van der Waals surface area contributed by atoms with Crippen LogP contribution < -0.4 is 5.56 Å². The maximum atomic E-state index is 13.0. The Morgan fingerprint density at radius 2 is 1.76 bits per heavy atom. The highest BCUT2D eigenvalue weighted by atomic mass is 16.3. The van der Waals surface area contributed by atoms with Crippen LogP contribution in [0.5, 0.6) is 5.88 Å². The molecule has 0 saturated carbocycles. The molecular formula is C20H20N2O3. The Morgan fingerprint density at radius 1 is 1.08 bits per heavy atom. The van der Waals surface area contributed by atoms with Gasteiger partial charge in [0.05, 0.1) is 24.4 Å². The summed E-state index contributed by atoms with van der Waals surface area (Å²) in [4.78, 5) is 17.1. The third kappa shape index (κ3) is 3.06. The summed E-state index contributed by atoms with van der Waals surface area (Å²) in [7, 11) is 0. The first-order valence-corrected chi connectivity index (χ1v) is 8.24. The number of aliphatic imine (C=N–C) groups is 1. The van der Waals surface area contributed by atoms with Gasteiger partial charge in [-0.2, -0.15) is 0 Å². The van der Waals surface area contributed by atoms with Crippen molar-refractivity contribution in [1.82, 2.24) is 4.57 Å². The van der Waals surface area contributed by atoms with E-state index >= 15 is 0 Å². The molecule has 3 aromatic rings. The number of aliphatic hydroxyl groups excluding tert-OH is 1. The lowest BCUT2D eigenvalue weighted by Crippen LogP contribution is -2.21. The van der Waals surface area contributed by atoms with Gasteiger partial charge in [-0.15, -0.1) is 0 Å². The molecule has 0 atom stereocenters. The third-order valence-corrected chi connectivity index (χ3v) is 4.17. The van der Waals surface area contributed by atoms with Crippen molar-refractivity contribution in [3.05, 3.63) is 70.0 Å². The number of aliphatic hydroxyl groups is 1. The summed E-state index contributed by atoms with van der Waals surface area (Å²) >= 11 is 0. The molecule has 5 nitrogen and oxygen atoms in total. The maximum Gasteiger partial charge on any atom is 0.265 e. The topological polar surface area (TPSA) is 74.8 Å². The zero-order valence-electron chi connectivity index (χ0n) is 14.0. The number of benzene rings is 2. The summed E-state index contributed by atoms with van der Waals surface area (Å²) in [5.74, 6) is -0.147. The smallest absolute Gasteiger partial charge is 0.265 e. The van der Waals surface area contributed by atoms with Crippen LogP contribution in [0.1, 0.15) is 18.1 Å². The van der Waals surface area contributed by atoms with Crippen LogP contribution in [0.2, 0.25) is 0 Å². The summed E-state index contributed by atoms with van der Waals surface area (Å²) in [6.07, 6.45) is 2.25. The molecule has 0 aliphatic carbocycles. The van der Waals surface area contributed by atoms with E-state index in [9.17, 15) is 9.90 Å². The van der Waals surface area contributed by atoms with E-state index in [2.05, 4.69) is 4.99 Å². The largest absolute Gasteiger partial charge is 0.494 e. The maximum absolute atomic E-state index is 13.0. The van der Waals surface area contributed by atoms with Crippen molar-refractivity contribution in [2.45, 2.75) is 13.3 Å². The van der Waals surface area contributed by atoms with E-state index in [4.69, 9.17) is 5.11 Å². The fourth-order valence-electron chi connectivity index (χ4n) is 2.95. The van der Waals surface area contributed by atoms with E-state index in [0.717, 1.165) is 12.0 Å². The Balaban J connectivity index is 2.38. The fourth-order valence-corrected chi connectivity index (χ4v) is 2.95. The first-order valence-electron chi connectivity index (χ1n) is 8.24. The van der Waals surface area contributed by atoms with Gasteiger partial charge in [0.2, 0.25) is 5.88 Å². The van der Waals surface area contributed by atoms with Gasteiger partial charge in [-0.05, 0) is 24.1 Å². The molecule has 5 heteroatoms. The van der Waals surface area contributed by atoms with Gasteiger partial charge in [-0.25, -0.2) is 4.57 Å². The third-order valence-electron chi connectivity index (χ3n) is 4.17. The average molecular weight is 336 g/mol. The molecular weight excluding hydrogens is 316 g/mol. The molecule has 0 bridgehead atoms. The molecule has 0 saturated heterocycles. The van der Waals surface area contributed by atoms with Crippen LogP contribution >= 0.6 is 0 Å². The van der Waals surface area contributed by atoms with E-state index in [1.54, 1.807) is 18.2 Å². The monoisotopic (exact) mass is 336 g/mol. The van der Waals surface area contributed by atoms with Crippen LogP contribution in [0.4, 0.5) is 0 Å². The predicted octanol–water partition coefficient (Wildman–Crippen LogP) is 2.67. The Kier molecular flexibility index (Phi) is 4.95. The van der Waals surface area contributed by atoms with E-state index in [0.29, 0.717) is 22.0 Å². The van der Waals surface area contributed by atoms with E-state index < -0.39 is 0 Å². The van der Waals surface area contributed by atoms with Gasteiger partial charge in [-0.1, -0.05) is 43.3 Å². The minimum atomic E-state index is -0.270. The molecule has 0 fully saturated rings. The molecule has 1 heterocycles. The second-order valence-corrected chi connectivity index (χ2v) is 5.66. The number of aromatic hydroxyl groups is 1. The van der Waals surface area contributed by atoms with Crippen LogP contribution in [-0.2, 0) is 6.42 Å². The molecule has 0 radical (unpaired) electrons. The zero-order chi connectivity index (χ0) is 17.8. The molecule has 0 aliphatic heterocycles. The second-order valence-electron chi connectivity index (χ2n) is 5.66. The standard InChI is InChI=1S/C20H20N2O3/c1-2-14-7-3-6-10-18(14)22-19(24)16-9-5-4-8-15(16)17(20(22)25)13-21-11-12-23/h3-10,13,23,25H,2,11-12H2,1H3. The summed E-state index contributed by atoms with van der Waals surface area (Å²) in [5, 5.41) is 20.9. The number of para-hydroxylation sites is 1. The molecule has 2 N–H and O–H groups in total. The van der Waals surface area contributed by atoms with E-state index in [1.165, 1.54) is 10.8 Å². The predicted molar refractivity (Wildman–Crippen MR) is 100 cm³/mol. The lowest BCUT2D eigenvalue weighted by atomic mass is 10.1. The number of hydrogen-bond donors (Lipinski definition) is 2. The van der Waals surface area contributed by atoms with Gasteiger partial charge in [0.15, 0.2) is 0 Å². The van der Waals surface area contributed by atoms with Gasteiger partial charge >= 0.3 is 0 Å². The van der Waals surface area contributed by atoms with Gasteiger partial charge in [-0.3, -0.25) is 9.79 Å². The van der Waals surface area contributed by atoms with Crippen molar-refractivity contribution >= 4 is 17.0 Å². The lowest BCUT2D eigenvalue weighted by molar-refractivity contribution is 0.307. The first-order chi connectivity index (χ1) is 12.2. The van der Waals surface area contributed by atoms with Crippen LogP contribution in [0.3, 0.4) is 0 Å². The minimum absolute atomic E-state index is 0.0759. The Hall–Kier alpha value is -2.92. The molecule has 0 unspecified atom stereocenters. The number of aryl methyl sites for hydroxylation is 1. The van der Waals surface area contributed by atoms with Crippen molar-refractivity contribution in [3.63, 3.8) is 0 Å². The number of hydrogen-bond acceptors (Lipinski definition) is 4. The second kappa shape index (κ2) is 7.32. The Bertz CT molecular complexity index is 990. The minimum Gasteiger partial charge on any atom is -0.494 e. The molecule has 1 aromatic heterocycles. The van der Waals surface area contributed by atoms with Gasteiger partial charge in [0.25, 0.3) is 5.56 Å². The number of rotatable bonds is 5. The number of nitrogens with zero attached hydrogens (tertiary/aromatic N) is 2. The lowest BCUT2D eigenvalue weighted by Gasteiger charge is -2.16. The molecule has 0 aliphatic rings. The summed E-state index contributed by atoms with van der Waals surface area (Å²) in [6.45, 7) is 2.16. The van der Waals surface area contributed by atoms with Gasteiger partial charge in [0, 0.05) is 17.0 Å². The van der Waals surface area contributed by atoms with Crippen LogP contribution in [-0.4, -0.2) is 34.1 Å². The highest BCUT2D eigenvalue weighted by Gasteiger charge is 2.17. The Labute approximate surface area is 145 Å². The van der Waals surface area contributed by atoms with Crippen molar-refractivity contribution in [3.8, 4) is 11.6 Å². The van der Waals surface area contributed by atoms with Crippen molar-refractivity contribution < 1.29 is 10.2 Å². The number of aromatic nitrogens is 1. The van der Waals surface area contributed by atoms with Crippen LogP contribution in [0.15, 0.2) is 58.3 Å². The number of fused-ring (bicyclic) bond motifs is 1. The molecule has 2 aromatic carbocycles. The van der Waals surface area contributed by atoms with Crippen molar-refractivity contribution in [1.29, 1.82) is 0 Å². The van der Waals surface area contributed by atoms with Crippen LogP contribution in [0.25, 0.3) is 16.5 Å². The average Bonchev–Trinajstić information content (AvgIpc) is 2.65. The van der Waals surface area contributed by atoms with Gasteiger partial charge < -0.3 is 10.2 Å². The normalized spacial score (nSPS) is 11.4. The molecule has 128 valence electrons. The van der Waals surface area contributed by atoms with Crippen molar-refractivity contribution in [2.24, 2.45) is 4.99 Å². The van der Waals surface area contributed by atoms with E-state index in [1.807, 2.05) is 37.3 Å². The Morgan fingerprint density at radius 3 is 2.48 bits per heavy atom. The van der Waals surface area contributed by atoms with E-state index in [-0.39, 0.29) is 24.6 Å². The quantitative estimate of drug-likeness (QED) is 0.704. The zero-order valence-corrected chi connectivity index (χ0v) is 14.0.